The van der Waals surface area contributed by atoms with Crippen LogP contribution in [0.15, 0.2) is 58.7 Å². The second-order valence-corrected chi connectivity index (χ2v) is 7.09. The number of amides is 2. The number of nitrogens with zero attached hydrogens (tertiary/aromatic N) is 2. The van der Waals surface area contributed by atoms with Crippen LogP contribution in [0.2, 0.25) is 10.0 Å². The number of benzene rings is 2. The first-order valence-electron chi connectivity index (χ1n) is 9.04. The molecule has 0 radical (unpaired) electrons. The van der Waals surface area contributed by atoms with Gasteiger partial charge in [0.05, 0.1) is 11.4 Å². The lowest BCUT2D eigenvalue weighted by Crippen LogP contribution is -2.22. The topological polar surface area (TPSA) is 82.9 Å². The van der Waals surface area contributed by atoms with Crippen molar-refractivity contribution in [2.75, 3.05) is 0 Å². The van der Waals surface area contributed by atoms with Crippen molar-refractivity contribution in [2.45, 2.75) is 33.1 Å². The summed E-state index contributed by atoms with van der Waals surface area (Å²) >= 11 is 12.2. The van der Waals surface area contributed by atoms with Gasteiger partial charge in [-0.05, 0) is 32.4 Å². The molecule has 0 aliphatic rings. The molecule has 0 aliphatic carbocycles. The van der Waals surface area contributed by atoms with E-state index in [1.165, 1.54) is 0 Å². The smallest absolute Gasteiger partial charge is 0.240 e. The van der Waals surface area contributed by atoms with E-state index in [2.05, 4.69) is 21.1 Å². The van der Waals surface area contributed by atoms with Crippen LogP contribution in [0, 0.1) is 0 Å². The van der Waals surface area contributed by atoms with Gasteiger partial charge in [0, 0.05) is 34.0 Å². The summed E-state index contributed by atoms with van der Waals surface area (Å²) in [6.07, 6.45) is 0.707. The van der Waals surface area contributed by atoms with Gasteiger partial charge in [0.1, 0.15) is 0 Å². The predicted molar refractivity (Wildman–Crippen MR) is 117 cm³/mol. The van der Waals surface area contributed by atoms with Gasteiger partial charge < -0.3 is 0 Å². The molecule has 2 aromatic rings. The van der Waals surface area contributed by atoms with Crippen LogP contribution in [0.1, 0.15) is 44.2 Å². The minimum atomic E-state index is -0.278. The van der Waals surface area contributed by atoms with E-state index in [0.29, 0.717) is 27.9 Å². The molecule has 0 aliphatic heterocycles. The number of hydrogen-bond acceptors (Lipinski definition) is 4. The zero-order valence-electron chi connectivity index (χ0n) is 16.2. The van der Waals surface area contributed by atoms with Gasteiger partial charge in [-0.2, -0.15) is 10.2 Å². The van der Waals surface area contributed by atoms with E-state index < -0.39 is 0 Å². The lowest BCUT2D eigenvalue weighted by molar-refractivity contribution is -0.122. The number of hydrazone groups is 2. The largest absolute Gasteiger partial charge is 0.273 e. The molecule has 2 N–H and O–H groups in total. The van der Waals surface area contributed by atoms with E-state index in [1.807, 2.05) is 36.4 Å². The fraction of sp³-hybridized carbons (Fsp3) is 0.238. The molecule has 0 spiro atoms. The minimum Gasteiger partial charge on any atom is -0.273 e. The Morgan fingerprint density at radius 2 is 1.14 bits per heavy atom. The van der Waals surface area contributed by atoms with Crippen molar-refractivity contribution in [1.29, 1.82) is 0 Å². The normalized spacial score (nSPS) is 11.9. The summed E-state index contributed by atoms with van der Waals surface area (Å²) in [7, 11) is 0. The van der Waals surface area contributed by atoms with Crippen LogP contribution < -0.4 is 10.9 Å². The third kappa shape index (κ3) is 7.33. The second-order valence-electron chi connectivity index (χ2n) is 6.28. The Kier molecular flexibility index (Phi) is 8.83. The van der Waals surface area contributed by atoms with Gasteiger partial charge in [-0.25, -0.2) is 10.9 Å². The molecule has 0 bridgehead atoms. The second kappa shape index (κ2) is 11.3. The molecule has 0 aromatic heterocycles. The zero-order chi connectivity index (χ0) is 21.2. The Labute approximate surface area is 180 Å². The van der Waals surface area contributed by atoms with Crippen LogP contribution in [-0.4, -0.2) is 23.2 Å². The molecule has 152 valence electrons. The summed E-state index contributed by atoms with van der Waals surface area (Å²) in [5, 5.41) is 9.23. The molecule has 0 saturated heterocycles. The van der Waals surface area contributed by atoms with Gasteiger partial charge in [-0.3, -0.25) is 9.59 Å². The Morgan fingerprint density at radius 1 is 0.759 bits per heavy atom. The molecule has 2 rings (SSSR count). The first-order chi connectivity index (χ1) is 13.9. The van der Waals surface area contributed by atoms with Crippen molar-refractivity contribution in [1.82, 2.24) is 10.9 Å². The molecule has 0 fully saturated rings. The number of rotatable bonds is 8. The lowest BCUT2D eigenvalue weighted by atomic mass is 10.1. The van der Waals surface area contributed by atoms with Gasteiger partial charge in [0.15, 0.2) is 0 Å². The number of nitrogens with one attached hydrogen (secondary N) is 2. The van der Waals surface area contributed by atoms with Gasteiger partial charge in [0.2, 0.25) is 11.8 Å². The number of carbonyl (C=O) groups excluding carboxylic acids is 2. The third-order valence-electron chi connectivity index (χ3n) is 4.03. The van der Waals surface area contributed by atoms with Crippen LogP contribution >= 0.6 is 23.2 Å². The Morgan fingerprint density at radius 3 is 1.52 bits per heavy atom. The molecule has 8 heteroatoms. The number of halogens is 2. The Bertz CT molecular complexity index is 866. The molecule has 2 aromatic carbocycles. The van der Waals surface area contributed by atoms with Crippen molar-refractivity contribution >= 4 is 46.4 Å². The van der Waals surface area contributed by atoms with E-state index in [1.54, 1.807) is 26.0 Å². The quantitative estimate of drug-likeness (QED) is 0.473. The SMILES string of the molecule is C/C(=N\NC(=O)CCCC(=O)N/N=C(\C)c1ccccc1Cl)c1ccccc1Cl. The monoisotopic (exact) mass is 432 g/mol. The van der Waals surface area contributed by atoms with Crippen LogP contribution in [0.25, 0.3) is 0 Å². The standard InChI is InChI=1S/C21H22Cl2N4O2/c1-14(16-8-3-5-10-18(16)22)24-26-20(28)12-7-13-21(29)27-25-15(2)17-9-4-6-11-19(17)23/h3-6,8-11H,7,12-13H2,1-2H3,(H,26,28)(H,27,29)/b24-14+,25-15+. The van der Waals surface area contributed by atoms with E-state index in [9.17, 15) is 9.59 Å². The van der Waals surface area contributed by atoms with Crippen molar-refractivity contribution in [3.8, 4) is 0 Å². The van der Waals surface area contributed by atoms with E-state index in [-0.39, 0.29) is 24.7 Å². The Balaban J connectivity index is 1.75. The molecule has 0 saturated carbocycles. The summed E-state index contributed by atoms with van der Waals surface area (Å²) in [6, 6.07) is 14.5. The van der Waals surface area contributed by atoms with Gasteiger partial charge in [-0.15, -0.1) is 0 Å². The van der Waals surface area contributed by atoms with Crippen LogP contribution in [0.5, 0.6) is 0 Å². The van der Waals surface area contributed by atoms with Gasteiger partial charge in [-0.1, -0.05) is 59.6 Å². The first kappa shape index (κ1) is 22.6. The molecule has 6 nitrogen and oxygen atoms in total. The molecule has 29 heavy (non-hydrogen) atoms. The van der Waals surface area contributed by atoms with Crippen molar-refractivity contribution in [3.05, 3.63) is 69.7 Å². The van der Waals surface area contributed by atoms with Crippen LogP contribution in [0.4, 0.5) is 0 Å². The first-order valence-corrected chi connectivity index (χ1v) is 9.80. The summed E-state index contributed by atoms with van der Waals surface area (Å²) in [5.41, 5.74) is 7.66. The number of hydrogen-bond donors (Lipinski definition) is 2. The maximum absolute atomic E-state index is 11.9. The Hall–Kier alpha value is -2.70. The maximum atomic E-state index is 11.9. The van der Waals surface area contributed by atoms with E-state index >= 15 is 0 Å². The van der Waals surface area contributed by atoms with Crippen LogP contribution in [0.3, 0.4) is 0 Å². The predicted octanol–water partition coefficient (Wildman–Crippen LogP) is 4.54. The van der Waals surface area contributed by atoms with Crippen LogP contribution in [-0.2, 0) is 9.59 Å². The van der Waals surface area contributed by atoms with E-state index in [4.69, 9.17) is 23.2 Å². The summed E-state index contributed by atoms with van der Waals surface area (Å²) in [6.45, 7) is 3.52. The van der Waals surface area contributed by atoms with Crippen molar-refractivity contribution in [3.63, 3.8) is 0 Å². The zero-order valence-corrected chi connectivity index (χ0v) is 17.7. The van der Waals surface area contributed by atoms with Gasteiger partial charge >= 0.3 is 0 Å². The molecule has 0 heterocycles. The molecule has 0 atom stereocenters. The summed E-state index contributed by atoms with van der Waals surface area (Å²) in [5.74, 6) is -0.556. The number of carbonyl (C=O) groups is 2. The average molecular weight is 433 g/mol. The van der Waals surface area contributed by atoms with E-state index in [0.717, 1.165) is 11.1 Å². The fourth-order valence-electron chi connectivity index (χ4n) is 2.44. The molecule has 2 amide bonds. The highest BCUT2D eigenvalue weighted by molar-refractivity contribution is 6.34. The highest BCUT2D eigenvalue weighted by atomic mass is 35.5. The molecular weight excluding hydrogens is 411 g/mol. The highest BCUT2D eigenvalue weighted by Crippen LogP contribution is 2.16. The summed E-state index contributed by atoms with van der Waals surface area (Å²) < 4.78 is 0. The molecular formula is C21H22Cl2N4O2. The average Bonchev–Trinajstić information content (AvgIpc) is 2.71. The minimum absolute atomic E-state index is 0.167. The van der Waals surface area contributed by atoms with Crippen molar-refractivity contribution < 1.29 is 9.59 Å². The fourth-order valence-corrected chi connectivity index (χ4v) is 2.99. The third-order valence-corrected chi connectivity index (χ3v) is 4.69. The molecule has 0 unspecified atom stereocenters. The van der Waals surface area contributed by atoms with Gasteiger partial charge in [0.25, 0.3) is 0 Å². The van der Waals surface area contributed by atoms with Crippen molar-refractivity contribution in [2.24, 2.45) is 10.2 Å². The maximum Gasteiger partial charge on any atom is 0.240 e. The lowest BCUT2D eigenvalue weighted by Gasteiger charge is -2.05. The summed E-state index contributed by atoms with van der Waals surface area (Å²) in [4.78, 5) is 23.8. The highest BCUT2D eigenvalue weighted by Gasteiger charge is 2.07.